The Morgan fingerprint density at radius 2 is 2.05 bits per heavy atom. The van der Waals surface area contributed by atoms with Crippen LogP contribution < -0.4 is 4.74 Å². The molecule has 0 aliphatic carbocycles. The second kappa shape index (κ2) is 5.09. The Balaban J connectivity index is 1.76. The lowest BCUT2D eigenvalue weighted by Gasteiger charge is -2.03. The summed E-state index contributed by atoms with van der Waals surface area (Å²) in [4.78, 5) is 4.50. The highest BCUT2D eigenvalue weighted by molar-refractivity contribution is 7.18. The van der Waals surface area contributed by atoms with Crippen molar-refractivity contribution >= 4 is 21.6 Å². The van der Waals surface area contributed by atoms with Crippen molar-refractivity contribution in [3.05, 3.63) is 59.1 Å². The van der Waals surface area contributed by atoms with E-state index in [0.29, 0.717) is 17.9 Å². The van der Waals surface area contributed by atoms with Crippen LogP contribution in [0.1, 0.15) is 10.6 Å². The minimum Gasteiger partial charge on any atom is -0.486 e. The van der Waals surface area contributed by atoms with Gasteiger partial charge in [0.05, 0.1) is 21.8 Å². The number of ether oxygens (including phenoxy) is 1. The van der Waals surface area contributed by atoms with Crippen LogP contribution in [0.25, 0.3) is 10.2 Å². The molecule has 0 aliphatic rings. The third-order valence-corrected chi connectivity index (χ3v) is 3.67. The summed E-state index contributed by atoms with van der Waals surface area (Å²) < 4.78 is 6.82. The summed E-state index contributed by atoms with van der Waals surface area (Å²) in [7, 11) is 0. The van der Waals surface area contributed by atoms with Gasteiger partial charge in [-0.1, -0.05) is 18.2 Å². The zero-order valence-electron chi connectivity index (χ0n) is 10.0. The molecule has 0 unspecified atom stereocenters. The van der Waals surface area contributed by atoms with E-state index < -0.39 is 0 Å². The monoisotopic (exact) mass is 266 g/mol. The van der Waals surface area contributed by atoms with Gasteiger partial charge < -0.3 is 4.74 Å². The standard InChI is InChI=1S/C15H10N2OS/c16-9-11-4-3-5-12(8-11)18-10-15-17-13-6-1-2-7-14(13)19-15/h1-8H,10H2. The predicted octanol–water partition coefficient (Wildman–Crippen LogP) is 3.75. The molecule has 3 nitrogen and oxygen atoms in total. The van der Waals surface area contributed by atoms with E-state index >= 15 is 0 Å². The third-order valence-electron chi connectivity index (χ3n) is 2.66. The van der Waals surface area contributed by atoms with E-state index in [1.54, 1.807) is 23.5 Å². The van der Waals surface area contributed by atoms with E-state index in [2.05, 4.69) is 11.1 Å². The first kappa shape index (κ1) is 11.7. The summed E-state index contributed by atoms with van der Waals surface area (Å²) in [6.45, 7) is 0.425. The fourth-order valence-corrected chi connectivity index (χ4v) is 2.66. The van der Waals surface area contributed by atoms with Gasteiger partial charge in [0.2, 0.25) is 0 Å². The number of para-hydroxylation sites is 1. The Hall–Kier alpha value is -2.38. The lowest BCUT2D eigenvalue weighted by Crippen LogP contribution is -1.94. The lowest BCUT2D eigenvalue weighted by atomic mass is 10.2. The Bertz CT molecular complexity index is 725. The number of hydrogen-bond donors (Lipinski definition) is 0. The summed E-state index contributed by atoms with van der Waals surface area (Å²) in [5.74, 6) is 0.693. The first-order chi connectivity index (χ1) is 9.35. The molecule has 2 aromatic carbocycles. The van der Waals surface area contributed by atoms with Crippen LogP contribution in [-0.4, -0.2) is 4.98 Å². The highest BCUT2D eigenvalue weighted by Gasteiger charge is 2.04. The molecule has 0 amide bonds. The number of thiazole rings is 1. The Morgan fingerprint density at radius 1 is 1.16 bits per heavy atom. The Morgan fingerprint density at radius 3 is 2.89 bits per heavy atom. The molecule has 3 rings (SSSR count). The maximum atomic E-state index is 8.83. The molecule has 0 atom stereocenters. The smallest absolute Gasteiger partial charge is 0.140 e. The SMILES string of the molecule is N#Cc1cccc(OCc2nc3ccccc3s2)c1. The quantitative estimate of drug-likeness (QED) is 0.725. The molecule has 0 fully saturated rings. The highest BCUT2D eigenvalue weighted by Crippen LogP contribution is 2.23. The van der Waals surface area contributed by atoms with E-state index in [-0.39, 0.29) is 0 Å². The zero-order valence-corrected chi connectivity index (χ0v) is 10.9. The van der Waals surface area contributed by atoms with Gasteiger partial charge in [0.25, 0.3) is 0 Å². The van der Waals surface area contributed by atoms with Gasteiger partial charge in [0.1, 0.15) is 17.4 Å². The molecule has 19 heavy (non-hydrogen) atoms. The molecule has 0 bridgehead atoms. The fraction of sp³-hybridized carbons (Fsp3) is 0.0667. The average Bonchev–Trinajstić information content (AvgIpc) is 2.88. The highest BCUT2D eigenvalue weighted by atomic mass is 32.1. The van der Waals surface area contributed by atoms with Crippen LogP contribution >= 0.6 is 11.3 Å². The molecule has 1 aromatic heterocycles. The van der Waals surface area contributed by atoms with Crippen LogP contribution in [0.5, 0.6) is 5.75 Å². The van der Waals surface area contributed by atoms with Crippen molar-refractivity contribution in [2.24, 2.45) is 0 Å². The van der Waals surface area contributed by atoms with Gasteiger partial charge in [-0.25, -0.2) is 4.98 Å². The molecule has 92 valence electrons. The molecule has 0 saturated heterocycles. The normalized spacial score (nSPS) is 10.3. The molecule has 0 N–H and O–H groups in total. The molecule has 0 saturated carbocycles. The van der Waals surface area contributed by atoms with Gasteiger partial charge in [-0.3, -0.25) is 0 Å². The molecule has 0 spiro atoms. The number of fused-ring (bicyclic) bond motifs is 1. The molecule has 1 heterocycles. The van der Waals surface area contributed by atoms with Crippen LogP contribution in [0.2, 0.25) is 0 Å². The van der Waals surface area contributed by atoms with Crippen LogP contribution in [0.15, 0.2) is 48.5 Å². The first-order valence-electron chi connectivity index (χ1n) is 5.82. The molecular weight excluding hydrogens is 256 g/mol. The number of aromatic nitrogens is 1. The van der Waals surface area contributed by atoms with Gasteiger partial charge in [0, 0.05) is 0 Å². The van der Waals surface area contributed by atoms with Crippen LogP contribution in [0.4, 0.5) is 0 Å². The zero-order chi connectivity index (χ0) is 13.1. The maximum absolute atomic E-state index is 8.83. The number of nitriles is 1. The Labute approximate surface area is 114 Å². The first-order valence-corrected chi connectivity index (χ1v) is 6.64. The molecular formula is C15H10N2OS. The second-order valence-electron chi connectivity index (χ2n) is 4.00. The summed E-state index contributed by atoms with van der Waals surface area (Å²) in [5.41, 5.74) is 1.60. The summed E-state index contributed by atoms with van der Waals surface area (Å²) in [6, 6.07) is 17.2. The Kier molecular flexibility index (Phi) is 3.13. The van der Waals surface area contributed by atoms with Crippen molar-refractivity contribution in [3.8, 4) is 11.8 Å². The topological polar surface area (TPSA) is 45.9 Å². The van der Waals surface area contributed by atoms with Gasteiger partial charge >= 0.3 is 0 Å². The molecule has 3 aromatic rings. The number of nitrogens with zero attached hydrogens (tertiary/aromatic N) is 2. The van der Waals surface area contributed by atoms with E-state index in [4.69, 9.17) is 10.00 Å². The molecule has 4 heteroatoms. The number of benzene rings is 2. The predicted molar refractivity (Wildman–Crippen MR) is 75.1 cm³/mol. The van der Waals surface area contributed by atoms with Crippen LogP contribution in [0.3, 0.4) is 0 Å². The second-order valence-corrected chi connectivity index (χ2v) is 5.12. The van der Waals surface area contributed by atoms with Crippen LogP contribution in [-0.2, 0) is 6.61 Å². The van der Waals surface area contributed by atoms with E-state index in [1.165, 1.54) is 0 Å². The third kappa shape index (κ3) is 2.56. The summed E-state index contributed by atoms with van der Waals surface area (Å²) in [6.07, 6.45) is 0. The van der Waals surface area contributed by atoms with Crippen molar-refractivity contribution in [1.82, 2.24) is 4.98 Å². The van der Waals surface area contributed by atoms with Crippen molar-refractivity contribution in [1.29, 1.82) is 5.26 Å². The van der Waals surface area contributed by atoms with Gasteiger partial charge in [-0.15, -0.1) is 11.3 Å². The van der Waals surface area contributed by atoms with Gasteiger partial charge in [-0.05, 0) is 30.3 Å². The summed E-state index contributed by atoms with van der Waals surface area (Å²) in [5, 5.41) is 9.76. The van der Waals surface area contributed by atoms with Crippen molar-refractivity contribution in [2.75, 3.05) is 0 Å². The fourth-order valence-electron chi connectivity index (χ4n) is 1.78. The summed E-state index contributed by atoms with van der Waals surface area (Å²) >= 11 is 1.63. The van der Waals surface area contributed by atoms with Gasteiger partial charge in [-0.2, -0.15) is 5.26 Å². The van der Waals surface area contributed by atoms with Crippen molar-refractivity contribution in [2.45, 2.75) is 6.61 Å². The van der Waals surface area contributed by atoms with E-state index in [0.717, 1.165) is 15.2 Å². The number of rotatable bonds is 3. The van der Waals surface area contributed by atoms with Gasteiger partial charge in [0.15, 0.2) is 0 Å². The number of hydrogen-bond acceptors (Lipinski definition) is 4. The van der Waals surface area contributed by atoms with Crippen LogP contribution in [0, 0.1) is 11.3 Å². The average molecular weight is 266 g/mol. The van der Waals surface area contributed by atoms with E-state index in [1.807, 2.05) is 36.4 Å². The van der Waals surface area contributed by atoms with E-state index in [9.17, 15) is 0 Å². The minimum absolute atomic E-state index is 0.425. The molecule has 0 radical (unpaired) electrons. The maximum Gasteiger partial charge on any atom is 0.140 e. The largest absolute Gasteiger partial charge is 0.486 e. The van der Waals surface area contributed by atoms with Crippen molar-refractivity contribution in [3.63, 3.8) is 0 Å². The van der Waals surface area contributed by atoms with Crippen molar-refractivity contribution < 1.29 is 4.74 Å². The minimum atomic E-state index is 0.425. The lowest BCUT2D eigenvalue weighted by molar-refractivity contribution is 0.306. The molecule has 0 aliphatic heterocycles.